The maximum Gasteiger partial charge on any atom is 0.114 e. The lowest BCUT2D eigenvalue weighted by molar-refractivity contribution is 0.225. The minimum atomic E-state index is 0.654. The molecule has 0 aliphatic rings. The largest absolute Gasteiger partial charge is 0.494 e. The molecule has 0 saturated carbocycles. The van der Waals surface area contributed by atoms with Gasteiger partial charge in [0, 0.05) is 6.42 Å². The summed E-state index contributed by atoms with van der Waals surface area (Å²) < 4.78 is 5.26. The zero-order chi connectivity index (χ0) is 8.85. The van der Waals surface area contributed by atoms with Gasteiger partial charge in [0.15, 0.2) is 0 Å². The van der Waals surface area contributed by atoms with E-state index in [2.05, 4.69) is 19.7 Å². The van der Waals surface area contributed by atoms with E-state index in [9.17, 15) is 0 Å². The van der Waals surface area contributed by atoms with E-state index in [4.69, 9.17) is 4.74 Å². The zero-order valence-electron chi connectivity index (χ0n) is 7.44. The molecule has 0 aromatic rings. The van der Waals surface area contributed by atoms with Gasteiger partial charge in [0.25, 0.3) is 0 Å². The Morgan fingerprint density at radius 2 is 1.73 bits per heavy atom. The van der Waals surface area contributed by atoms with E-state index < -0.39 is 0 Å². The number of ether oxygens (including phenoxy) is 1. The van der Waals surface area contributed by atoms with Crippen molar-refractivity contribution in [1.29, 1.82) is 0 Å². The van der Waals surface area contributed by atoms with Crippen molar-refractivity contribution in [3.05, 3.63) is 36.6 Å². The molecular weight excluding hydrogens is 136 g/mol. The van der Waals surface area contributed by atoms with E-state index in [1.54, 1.807) is 0 Å². The second-order valence-corrected chi connectivity index (χ2v) is 2.76. The molecule has 1 heteroatoms. The first kappa shape index (κ1) is 10.0. The number of allylic oxidation sites excluding steroid dienone is 1. The predicted octanol–water partition coefficient (Wildman–Crippen LogP) is 3.06. The molecule has 0 rings (SSSR count). The molecule has 0 aromatic carbocycles. The van der Waals surface area contributed by atoms with E-state index in [1.807, 2.05) is 13.8 Å². The molecule has 0 fully saturated rings. The van der Waals surface area contributed by atoms with Gasteiger partial charge in [0.05, 0.1) is 6.61 Å². The predicted molar refractivity (Wildman–Crippen MR) is 49.3 cm³/mol. The van der Waals surface area contributed by atoms with Crippen molar-refractivity contribution in [2.24, 2.45) is 0 Å². The minimum absolute atomic E-state index is 0.654. The van der Waals surface area contributed by atoms with Crippen LogP contribution in [0.25, 0.3) is 0 Å². The van der Waals surface area contributed by atoms with Crippen molar-refractivity contribution in [3.8, 4) is 0 Å². The van der Waals surface area contributed by atoms with E-state index >= 15 is 0 Å². The highest BCUT2D eigenvalue weighted by Crippen LogP contribution is 2.06. The Hall–Kier alpha value is -0.980. The molecular formula is C10H16O. The summed E-state index contributed by atoms with van der Waals surface area (Å²) in [5.41, 5.74) is 2.01. The zero-order valence-corrected chi connectivity index (χ0v) is 7.44. The molecule has 1 nitrogen and oxygen atoms in total. The minimum Gasteiger partial charge on any atom is -0.494 e. The average molecular weight is 152 g/mol. The molecule has 62 valence electrons. The smallest absolute Gasteiger partial charge is 0.114 e. The van der Waals surface area contributed by atoms with Gasteiger partial charge in [-0.1, -0.05) is 18.7 Å². The molecule has 0 bridgehead atoms. The van der Waals surface area contributed by atoms with Gasteiger partial charge in [-0.3, -0.25) is 0 Å². The highest BCUT2D eigenvalue weighted by Gasteiger charge is 1.94. The number of hydrogen-bond acceptors (Lipinski definition) is 1. The van der Waals surface area contributed by atoms with Crippen LogP contribution in [0.1, 0.15) is 20.3 Å². The summed E-state index contributed by atoms with van der Waals surface area (Å²) in [5.74, 6) is 0.672. The van der Waals surface area contributed by atoms with Crippen LogP contribution in [-0.2, 0) is 4.74 Å². The topological polar surface area (TPSA) is 9.23 Å². The van der Waals surface area contributed by atoms with Crippen LogP contribution in [0.3, 0.4) is 0 Å². The van der Waals surface area contributed by atoms with Crippen LogP contribution in [0.4, 0.5) is 0 Å². The molecule has 0 saturated heterocycles. The average Bonchev–Trinajstić information content (AvgIpc) is 1.86. The third-order valence-corrected chi connectivity index (χ3v) is 1.28. The summed E-state index contributed by atoms with van der Waals surface area (Å²) in [5, 5.41) is 0. The van der Waals surface area contributed by atoms with Crippen molar-refractivity contribution in [3.63, 3.8) is 0 Å². The molecule has 0 radical (unpaired) electrons. The Kier molecular flexibility index (Phi) is 4.35. The maximum absolute atomic E-state index is 5.26. The molecule has 0 heterocycles. The fourth-order valence-corrected chi connectivity index (χ4v) is 0.472. The number of hydrogen-bond donors (Lipinski definition) is 0. The van der Waals surface area contributed by atoms with Gasteiger partial charge in [-0.25, -0.2) is 0 Å². The molecule has 0 aromatic heterocycles. The van der Waals surface area contributed by atoms with Gasteiger partial charge in [-0.15, -0.1) is 6.58 Å². The molecule has 0 unspecified atom stereocenters. The third-order valence-electron chi connectivity index (χ3n) is 1.28. The highest BCUT2D eigenvalue weighted by molar-refractivity contribution is 5.15. The van der Waals surface area contributed by atoms with Gasteiger partial charge < -0.3 is 4.74 Å². The van der Waals surface area contributed by atoms with Gasteiger partial charge in [0.1, 0.15) is 5.76 Å². The van der Waals surface area contributed by atoms with Crippen LogP contribution in [0.2, 0.25) is 0 Å². The molecule has 0 aliphatic carbocycles. The highest BCUT2D eigenvalue weighted by atomic mass is 16.5. The molecule has 0 N–H and O–H groups in total. The molecule has 0 spiro atoms. The van der Waals surface area contributed by atoms with Gasteiger partial charge in [-0.2, -0.15) is 0 Å². The second-order valence-electron chi connectivity index (χ2n) is 2.76. The quantitative estimate of drug-likeness (QED) is 0.334. The fourth-order valence-electron chi connectivity index (χ4n) is 0.472. The lowest BCUT2D eigenvalue weighted by atomic mass is 10.2. The van der Waals surface area contributed by atoms with Crippen LogP contribution in [-0.4, -0.2) is 6.61 Å². The Morgan fingerprint density at radius 1 is 1.18 bits per heavy atom. The third kappa shape index (κ3) is 5.46. The first-order valence-electron chi connectivity index (χ1n) is 3.66. The lowest BCUT2D eigenvalue weighted by Crippen LogP contribution is -1.94. The lowest BCUT2D eigenvalue weighted by Gasteiger charge is -2.07. The van der Waals surface area contributed by atoms with Crippen molar-refractivity contribution < 1.29 is 4.74 Å². The fraction of sp³-hybridized carbons (Fsp3) is 0.400. The van der Waals surface area contributed by atoms with Crippen molar-refractivity contribution in [2.75, 3.05) is 6.61 Å². The second kappa shape index (κ2) is 4.78. The van der Waals surface area contributed by atoms with Gasteiger partial charge in [-0.05, 0) is 19.4 Å². The van der Waals surface area contributed by atoms with E-state index in [0.717, 1.165) is 17.6 Å². The van der Waals surface area contributed by atoms with Crippen LogP contribution in [0.5, 0.6) is 0 Å². The summed E-state index contributed by atoms with van der Waals surface area (Å²) in [6, 6.07) is 0. The Morgan fingerprint density at radius 3 is 2.09 bits per heavy atom. The summed E-state index contributed by atoms with van der Waals surface area (Å²) in [6.45, 7) is 15.7. The van der Waals surface area contributed by atoms with Crippen molar-refractivity contribution >= 4 is 0 Å². The monoisotopic (exact) mass is 152 g/mol. The summed E-state index contributed by atoms with van der Waals surface area (Å²) in [4.78, 5) is 0. The van der Waals surface area contributed by atoms with E-state index in [-0.39, 0.29) is 0 Å². The Bertz CT molecular complexity index is 177. The van der Waals surface area contributed by atoms with Crippen molar-refractivity contribution in [1.82, 2.24) is 0 Å². The van der Waals surface area contributed by atoms with Gasteiger partial charge in [0.2, 0.25) is 0 Å². The summed E-state index contributed by atoms with van der Waals surface area (Å²) >= 11 is 0. The van der Waals surface area contributed by atoms with Crippen LogP contribution in [0.15, 0.2) is 36.6 Å². The van der Waals surface area contributed by atoms with E-state index in [0.29, 0.717) is 12.4 Å². The van der Waals surface area contributed by atoms with Gasteiger partial charge >= 0.3 is 0 Å². The Labute approximate surface area is 69.1 Å². The SMILES string of the molecule is C=C(C)CCOC(=C)C(=C)C. The van der Waals surface area contributed by atoms with Crippen LogP contribution >= 0.6 is 0 Å². The summed E-state index contributed by atoms with van der Waals surface area (Å²) in [7, 11) is 0. The van der Waals surface area contributed by atoms with Crippen molar-refractivity contribution in [2.45, 2.75) is 20.3 Å². The Balaban J connectivity index is 3.47. The van der Waals surface area contributed by atoms with E-state index in [1.165, 1.54) is 0 Å². The first-order valence-corrected chi connectivity index (χ1v) is 3.66. The van der Waals surface area contributed by atoms with Crippen LogP contribution in [0, 0.1) is 0 Å². The molecule has 11 heavy (non-hydrogen) atoms. The molecule has 0 aliphatic heterocycles. The maximum atomic E-state index is 5.26. The summed E-state index contributed by atoms with van der Waals surface area (Å²) in [6.07, 6.45) is 0.881. The first-order chi connectivity index (χ1) is 5.04. The van der Waals surface area contributed by atoms with Crippen LogP contribution < -0.4 is 0 Å². The molecule has 0 amide bonds. The standard InChI is InChI=1S/C10H16O/c1-8(2)6-7-11-10(5)9(3)4/h1,3,5-7H2,2,4H3. The molecule has 0 atom stereocenters. The normalized spacial score (nSPS) is 8.91. The number of rotatable bonds is 5.